The first kappa shape index (κ1) is 17.3. The molecule has 0 saturated heterocycles. The van der Waals surface area contributed by atoms with Crippen LogP contribution in [0.2, 0.25) is 0 Å². The van der Waals surface area contributed by atoms with Gasteiger partial charge in [-0.1, -0.05) is 41.5 Å². The van der Waals surface area contributed by atoms with Crippen molar-refractivity contribution in [2.45, 2.75) is 74.1 Å². The maximum absolute atomic E-state index is 11.9. The molecule has 0 aliphatic rings. The van der Waals surface area contributed by atoms with E-state index >= 15 is 0 Å². The molecule has 0 aromatic heterocycles. The standard InChI is InChI=1S/C16H30O2/c1-12(13(17)8-10-15(2,3)4)14(18)9-11-16(5,6)7/h12H,8-11H2,1-7H3. The molecule has 0 fully saturated rings. The van der Waals surface area contributed by atoms with E-state index in [0.29, 0.717) is 12.8 Å². The van der Waals surface area contributed by atoms with Gasteiger partial charge in [-0.05, 0) is 30.6 Å². The molecule has 2 nitrogen and oxygen atoms in total. The van der Waals surface area contributed by atoms with Crippen LogP contribution in [-0.4, -0.2) is 11.6 Å². The minimum absolute atomic E-state index is 0.101. The topological polar surface area (TPSA) is 34.1 Å². The lowest BCUT2D eigenvalue weighted by molar-refractivity contribution is -0.132. The van der Waals surface area contributed by atoms with Gasteiger partial charge < -0.3 is 0 Å². The van der Waals surface area contributed by atoms with E-state index in [-0.39, 0.29) is 22.4 Å². The van der Waals surface area contributed by atoms with Crippen molar-refractivity contribution in [1.82, 2.24) is 0 Å². The van der Waals surface area contributed by atoms with Gasteiger partial charge in [-0.15, -0.1) is 0 Å². The van der Waals surface area contributed by atoms with Crippen LogP contribution in [0.1, 0.15) is 74.1 Å². The van der Waals surface area contributed by atoms with Crippen molar-refractivity contribution in [2.24, 2.45) is 16.7 Å². The summed E-state index contributed by atoms with van der Waals surface area (Å²) >= 11 is 0. The van der Waals surface area contributed by atoms with E-state index in [1.54, 1.807) is 6.92 Å². The third kappa shape index (κ3) is 8.43. The maximum atomic E-state index is 11.9. The molecule has 0 radical (unpaired) electrons. The summed E-state index contributed by atoms with van der Waals surface area (Å²) in [5.41, 5.74) is 0.313. The molecule has 0 aliphatic heterocycles. The summed E-state index contributed by atoms with van der Waals surface area (Å²) in [7, 11) is 0. The van der Waals surface area contributed by atoms with Crippen LogP contribution in [0.25, 0.3) is 0 Å². The Morgan fingerprint density at radius 3 is 1.28 bits per heavy atom. The number of Topliss-reactive ketones (excluding diaryl/α,β-unsaturated/α-hetero) is 2. The van der Waals surface area contributed by atoms with E-state index in [9.17, 15) is 9.59 Å². The van der Waals surface area contributed by atoms with Crippen molar-refractivity contribution < 1.29 is 9.59 Å². The number of rotatable bonds is 6. The average Bonchev–Trinajstić information content (AvgIpc) is 2.19. The van der Waals surface area contributed by atoms with E-state index < -0.39 is 5.92 Å². The van der Waals surface area contributed by atoms with Gasteiger partial charge in [0.05, 0.1) is 5.92 Å². The van der Waals surface area contributed by atoms with Crippen LogP contribution in [0.4, 0.5) is 0 Å². The predicted molar refractivity (Wildman–Crippen MR) is 76.6 cm³/mol. The second-order valence-electron chi connectivity index (χ2n) is 7.78. The van der Waals surface area contributed by atoms with Gasteiger partial charge in [0.25, 0.3) is 0 Å². The molecule has 18 heavy (non-hydrogen) atoms. The molecule has 106 valence electrons. The van der Waals surface area contributed by atoms with Crippen LogP contribution in [0, 0.1) is 16.7 Å². The van der Waals surface area contributed by atoms with E-state index in [4.69, 9.17) is 0 Å². The van der Waals surface area contributed by atoms with Crippen molar-refractivity contribution in [3.05, 3.63) is 0 Å². The number of hydrogen-bond acceptors (Lipinski definition) is 2. The molecule has 0 rings (SSSR count). The smallest absolute Gasteiger partial charge is 0.143 e. The molecule has 2 heteroatoms. The highest BCUT2D eigenvalue weighted by atomic mass is 16.1. The van der Waals surface area contributed by atoms with Gasteiger partial charge in [-0.2, -0.15) is 0 Å². The molecular formula is C16H30O2. The summed E-state index contributed by atoms with van der Waals surface area (Å²) in [5, 5.41) is 0. The first-order chi connectivity index (χ1) is 7.92. The van der Waals surface area contributed by atoms with Crippen LogP contribution in [0.3, 0.4) is 0 Å². The lowest BCUT2D eigenvalue weighted by Gasteiger charge is -2.20. The molecule has 0 saturated carbocycles. The Kier molecular flexibility index (Phi) is 6.25. The van der Waals surface area contributed by atoms with Crippen LogP contribution in [-0.2, 0) is 9.59 Å². The summed E-state index contributed by atoms with van der Waals surface area (Å²) in [4.78, 5) is 23.9. The first-order valence-electron chi connectivity index (χ1n) is 6.98. The van der Waals surface area contributed by atoms with Crippen LogP contribution in [0.15, 0.2) is 0 Å². The fraction of sp³-hybridized carbons (Fsp3) is 0.875. The summed E-state index contributed by atoms with van der Waals surface area (Å²) in [6.07, 6.45) is 2.74. The Morgan fingerprint density at radius 2 is 1.06 bits per heavy atom. The summed E-state index contributed by atoms with van der Waals surface area (Å²) < 4.78 is 0. The Balaban J connectivity index is 4.17. The molecule has 0 aromatic carbocycles. The second-order valence-corrected chi connectivity index (χ2v) is 7.78. The first-order valence-corrected chi connectivity index (χ1v) is 6.98. The largest absolute Gasteiger partial charge is 0.299 e. The van der Waals surface area contributed by atoms with Crippen molar-refractivity contribution in [1.29, 1.82) is 0 Å². The van der Waals surface area contributed by atoms with Crippen molar-refractivity contribution in [3.8, 4) is 0 Å². The van der Waals surface area contributed by atoms with E-state index in [1.165, 1.54) is 0 Å². The molecule has 0 atom stereocenters. The zero-order valence-electron chi connectivity index (χ0n) is 13.2. The molecule has 0 N–H and O–H groups in total. The lowest BCUT2D eigenvalue weighted by Crippen LogP contribution is -2.23. The molecule has 0 unspecified atom stereocenters. The average molecular weight is 254 g/mol. The van der Waals surface area contributed by atoms with Crippen molar-refractivity contribution >= 4 is 11.6 Å². The van der Waals surface area contributed by atoms with E-state index in [0.717, 1.165) is 12.8 Å². The van der Waals surface area contributed by atoms with Crippen LogP contribution in [0.5, 0.6) is 0 Å². The van der Waals surface area contributed by atoms with Gasteiger partial charge >= 0.3 is 0 Å². The third-order valence-electron chi connectivity index (χ3n) is 3.21. The van der Waals surface area contributed by atoms with Gasteiger partial charge in [0, 0.05) is 12.8 Å². The van der Waals surface area contributed by atoms with Gasteiger partial charge in [-0.3, -0.25) is 9.59 Å². The summed E-state index contributed by atoms with van der Waals surface area (Å²) in [6.45, 7) is 14.5. The molecular weight excluding hydrogens is 224 g/mol. The fourth-order valence-corrected chi connectivity index (χ4v) is 1.61. The number of carbonyl (C=O) groups is 2. The lowest BCUT2D eigenvalue weighted by atomic mass is 9.84. The monoisotopic (exact) mass is 254 g/mol. The summed E-state index contributed by atoms with van der Waals surface area (Å²) in [6, 6.07) is 0. The Hall–Kier alpha value is -0.660. The highest BCUT2D eigenvalue weighted by Gasteiger charge is 2.24. The SMILES string of the molecule is CC(C(=O)CCC(C)(C)C)C(=O)CCC(C)(C)C. The molecule has 0 spiro atoms. The zero-order chi connectivity index (χ0) is 14.6. The third-order valence-corrected chi connectivity index (χ3v) is 3.21. The van der Waals surface area contributed by atoms with Gasteiger partial charge in [0.2, 0.25) is 0 Å². The van der Waals surface area contributed by atoms with Gasteiger partial charge in [-0.25, -0.2) is 0 Å². The van der Waals surface area contributed by atoms with E-state index in [2.05, 4.69) is 41.5 Å². The van der Waals surface area contributed by atoms with Gasteiger partial charge in [0.15, 0.2) is 0 Å². The summed E-state index contributed by atoms with van der Waals surface area (Å²) in [5.74, 6) is -0.220. The normalized spacial score (nSPS) is 12.9. The molecule has 0 bridgehead atoms. The molecule has 0 aliphatic carbocycles. The predicted octanol–water partition coefficient (Wildman–Crippen LogP) is 4.41. The van der Waals surface area contributed by atoms with Gasteiger partial charge in [0.1, 0.15) is 11.6 Å². The highest BCUT2D eigenvalue weighted by molar-refractivity contribution is 6.01. The Labute approximate surface area is 113 Å². The minimum Gasteiger partial charge on any atom is -0.299 e. The molecule has 0 aromatic rings. The number of hydrogen-bond donors (Lipinski definition) is 0. The van der Waals surface area contributed by atoms with Crippen molar-refractivity contribution in [2.75, 3.05) is 0 Å². The fourth-order valence-electron chi connectivity index (χ4n) is 1.61. The second kappa shape index (κ2) is 6.49. The zero-order valence-corrected chi connectivity index (χ0v) is 13.2. The maximum Gasteiger partial charge on any atom is 0.143 e. The van der Waals surface area contributed by atoms with Crippen LogP contribution >= 0.6 is 0 Å². The quantitative estimate of drug-likeness (QED) is 0.658. The Morgan fingerprint density at radius 1 is 0.778 bits per heavy atom. The minimum atomic E-state index is -0.422. The highest BCUT2D eigenvalue weighted by Crippen LogP contribution is 2.24. The Bertz CT molecular complexity index is 259. The van der Waals surface area contributed by atoms with Crippen LogP contribution < -0.4 is 0 Å². The van der Waals surface area contributed by atoms with E-state index in [1.807, 2.05) is 0 Å². The number of carbonyl (C=O) groups excluding carboxylic acids is 2. The van der Waals surface area contributed by atoms with Crippen molar-refractivity contribution in [3.63, 3.8) is 0 Å². The number of ketones is 2. The molecule has 0 amide bonds. The molecule has 0 heterocycles.